The number of benzene rings is 1. The quantitative estimate of drug-likeness (QED) is 0.898. The van der Waals surface area contributed by atoms with Crippen molar-refractivity contribution >= 4 is 16.9 Å². The Morgan fingerprint density at radius 2 is 1.89 bits per heavy atom. The smallest absolute Gasteiger partial charge is 0.416 e. The second-order valence-corrected chi connectivity index (χ2v) is 4.57. The van der Waals surface area contributed by atoms with E-state index in [-0.39, 0.29) is 17.1 Å². The Morgan fingerprint density at radius 3 is 2.37 bits per heavy atom. The van der Waals surface area contributed by atoms with E-state index in [9.17, 15) is 18.0 Å². The van der Waals surface area contributed by atoms with Gasteiger partial charge in [0.05, 0.1) is 5.56 Å². The highest BCUT2D eigenvalue weighted by Gasteiger charge is 2.31. The molecule has 19 heavy (non-hydrogen) atoms. The molecule has 0 spiro atoms. The fourth-order valence-electron chi connectivity index (χ4n) is 2.13. The molecule has 0 atom stereocenters. The van der Waals surface area contributed by atoms with Crippen molar-refractivity contribution in [3.63, 3.8) is 0 Å². The highest BCUT2D eigenvalue weighted by molar-refractivity contribution is 5.95. The molecule has 0 saturated carbocycles. The van der Waals surface area contributed by atoms with Crippen LogP contribution in [0, 0.1) is 0 Å². The van der Waals surface area contributed by atoms with Crippen LogP contribution < -0.4 is 0 Å². The van der Waals surface area contributed by atoms with E-state index in [2.05, 4.69) is 0 Å². The number of alkyl halides is 3. The second-order valence-electron chi connectivity index (χ2n) is 4.57. The van der Waals surface area contributed by atoms with Crippen LogP contribution >= 0.6 is 0 Å². The molecule has 0 aliphatic heterocycles. The maximum atomic E-state index is 12.6. The normalized spacial score (nSPS) is 12.3. The van der Waals surface area contributed by atoms with E-state index in [1.54, 1.807) is 13.8 Å². The second kappa shape index (κ2) is 4.29. The molecular formula is C13H12F3NO2. The highest BCUT2D eigenvalue weighted by atomic mass is 19.4. The van der Waals surface area contributed by atoms with Gasteiger partial charge in [0.2, 0.25) is 0 Å². The van der Waals surface area contributed by atoms with Crippen molar-refractivity contribution < 1.29 is 23.1 Å². The van der Waals surface area contributed by atoms with Crippen LogP contribution in [0.1, 0.15) is 35.9 Å². The summed E-state index contributed by atoms with van der Waals surface area (Å²) in [4.78, 5) is 11.1. The maximum Gasteiger partial charge on any atom is 0.416 e. The standard InChI is InChI=1S/C13H12F3NO2/c1-7(2)17-10-4-3-9(13(14,15)16)5-8(10)6-11(17)12(18)19/h3-7H,1-2H3,(H,18,19). The van der Waals surface area contributed by atoms with Crippen molar-refractivity contribution in [1.82, 2.24) is 4.57 Å². The minimum atomic E-state index is -4.43. The Hall–Kier alpha value is -1.98. The molecule has 0 unspecified atom stereocenters. The maximum absolute atomic E-state index is 12.6. The Morgan fingerprint density at radius 1 is 1.26 bits per heavy atom. The summed E-state index contributed by atoms with van der Waals surface area (Å²) in [6, 6.07) is 4.37. The van der Waals surface area contributed by atoms with Gasteiger partial charge in [-0.1, -0.05) is 0 Å². The first-order valence-electron chi connectivity index (χ1n) is 5.67. The van der Waals surface area contributed by atoms with Crippen LogP contribution in [0.15, 0.2) is 24.3 Å². The first kappa shape index (κ1) is 13.5. The molecule has 1 aromatic carbocycles. The van der Waals surface area contributed by atoms with Crippen LogP contribution in [0.25, 0.3) is 10.9 Å². The van der Waals surface area contributed by atoms with Crippen molar-refractivity contribution in [2.24, 2.45) is 0 Å². The number of halogens is 3. The fourth-order valence-corrected chi connectivity index (χ4v) is 2.13. The number of rotatable bonds is 2. The van der Waals surface area contributed by atoms with Gasteiger partial charge < -0.3 is 9.67 Å². The molecule has 0 amide bonds. The van der Waals surface area contributed by atoms with E-state index in [0.717, 1.165) is 12.1 Å². The third kappa shape index (κ3) is 2.30. The minimum absolute atomic E-state index is 0.00988. The average molecular weight is 271 g/mol. The highest BCUT2D eigenvalue weighted by Crippen LogP contribution is 2.33. The van der Waals surface area contributed by atoms with Crippen molar-refractivity contribution in [3.8, 4) is 0 Å². The van der Waals surface area contributed by atoms with Crippen LogP contribution in [0.5, 0.6) is 0 Å². The molecule has 0 fully saturated rings. The Balaban J connectivity index is 2.73. The summed E-state index contributed by atoms with van der Waals surface area (Å²) in [6.45, 7) is 3.56. The van der Waals surface area contributed by atoms with Gasteiger partial charge in [-0.05, 0) is 38.1 Å². The monoisotopic (exact) mass is 271 g/mol. The first-order valence-corrected chi connectivity index (χ1v) is 5.67. The zero-order valence-electron chi connectivity index (χ0n) is 10.3. The summed E-state index contributed by atoms with van der Waals surface area (Å²) in [5, 5.41) is 9.38. The Bertz CT molecular complexity index is 641. The first-order chi connectivity index (χ1) is 8.71. The lowest BCUT2D eigenvalue weighted by Crippen LogP contribution is -2.10. The third-order valence-electron chi connectivity index (χ3n) is 2.90. The van der Waals surface area contributed by atoms with Crippen molar-refractivity contribution in [2.45, 2.75) is 26.1 Å². The lowest BCUT2D eigenvalue weighted by Gasteiger charge is -2.13. The number of hydrogen-bond donors (Lipinski definition) is 1. The number of carbonyl (C=O) groups is 1. The number of aromatic carboxylic acids is 1. The molecular weight excluding hydrogens is 259 g/mol. The third-order valence-corrected chi connectivity index (χ3v) is 2.90. The largest absolute Gasteiger partial charge is 0.477 e. The number of carboxylic acid groups (broad SMARTS) is 1. The van der Waals surface area contributed by atoms with Gasteiger partial charge >= 0.3 is 12.1 Å². The molecule has 3 nitrogen and oxygen atoms in total. The van der Waals surface area contributed by atoms with Gasteiger partial charge in [0.15, 0.2) is 0 Å². The van der Waals surface area contributed by atoms with Gasteiger partial charge in [0, 0.05) is 16.9 Å². The van der Waals surface area contributed by atoms with Gasteiger partial charge in [0.25, 0.3) is 0 Å². The van der Waals surface area contributed by atoms with Crippen molar-refractivity contribution in [2.75, 3.05) is 0 Å². The van der Waals surface area contributed by atoms with E-state index < -0.39 is 17.7 Å². The Kier molecular flexibility index (Phi) is 3.04. The Labute approximate surface area is 107 Å². The molecule has 1 heterocycles. The van der Waals surface area contributed by atoms with Gasteiger partial charge in [-0.3, -0.25) is 0 Å². The average Bonchev–Trinajstić information content (AvgIpc) is 2.65. The molecule has 0 aliphatic rings. The predicted octanol–water partition coefficient (Wildman–Crippen LogP) is 3.94. The SMILES string of the molecule is CC(C)n1c(C(=O)O)cc2cc(C(F)(F)F)ccc21. The molecule has 0 radical (unpaired) electrons. The number of nitrogens with zero attached hydrogens (tertiary/aromatic N) is 1. The van der Waals surface area contributed by atoms with Crippen LogP contribution in [0.2, 0.25) is 0 Å². The van der Waals surface area contributed by atoms with Crippen LogP contribution in [-0.2, 0) is 6.18 Å². The fraction of sp³-hybridized carbons (Fsp3) is 0.308. The molecule has 0 saturated heterocycles. The van der Waals surface area contributed by atoms with E-state index in [0.29, 0.717) is 5.52 Å². The predicted molar refractivity (Wildman–Crippen MR) is 64.3 cm³/mol. The molecule has 6 heteroatoms. The van der Waals surface area contributed by atoms with E-state index in [4.69, 9.17) is 5.11 Å². The lowest BCUT2D eigenvalue weighted by molar-refractivity contribution is -0.137. The number of hydrogen-bond acceptors (Lipinski definition) is 1. The van der Waals surface area contributed by atoms with E-state index in [1.807, 2.05) is 0 Å². The van der Waals surface area contributed by atoms with Gasteiger partial charge in [-0.15, -0.1) is 0 Å². The molecule has 1 N–H and O–H groups in total. The molecule has 0 aliphatic carbocycles. The molecule has 2 aromatic rings. The minimum Gasteiger partial charge on any atom is -0.477 e. The zero-order valence-corrected chi connectivity index (χ0v) is 10.3. The molecule has 2 rings (SSSR count). The van der Waals surface area contributed by atoms with Crippen molar-refractivity contribution in [1.29, 1.82) is 0 Å². The van der Waals surface area contributed by atoms with E-state index >= 15 is 0 Å². The van der Waals surface area contributed by atoms with Gasteiger partial charge in [-0.2, -0.15) is 13.2 Å². The lowest BCUT2D eigenvalue weighted by atomic mass is 10.1. The van der Waals surface area contributed by atoms with Crippen molar-refractivity contribution in [3.05, 3.63) is 35.5 Å². The summed E-state index contributed by atoms with van der Waals surface area (Å²) in [7, 11) is 0. The van der Waals surface area contributed by atoms with E-state index in [1.165, 1.54) is 16.7 Å². The van der Waals surface area contributed by atoms with Crippen LogP contribution in [-0.4, -0.2) is 15.6 Å². The zero-order chi connectivity index (χ0) is 14.4. The number of carboxylic acids is 1. The summed E-state index contributed by atoms with van der Waals surface area (Å²) >= 11 is 0. The summed E-state index contributed by atoms with van der Waals surface area (Å²) < 4.78 is 39.4. The summed E-state index contributed by atoms with van der Waals surface area (Å²) in [5.41, 5.74) is -0.303. The molecule has 0 bridgehead atoms. The van der Waals surface area contributed by atoms with Gasteiger partial charge in [0.1, 0.15) is 5.69 Å². The number of aromatic nitrogens is 1. The van der Waals surface area contributed by atoms with Gasteiger partial charge in [-0.25, -0.2) is 4.79 Å². The summed E-state index contributed by atoms with van der Waals surface area (Å²) in [5.74, 6) is -1.15. The molecule has 1 aromatic heterocycles. The number of fused-ring (bicyclic) bond motifs is 1. The van der Waals surface area contributed by atoms with Crippen LogP contribution in [0.3, 0.4) is 0 Å². The molecule has 102 valence electrons. The topological polar surface area (TPSA) is 42.2 Å². The summed E-state index contributed by atoms with van der Waals surface area (Å²) in [6.07, 6.45) is -4.43. The van der Waals surface area contributed by atoms with Crippen LogP contribution in [0.4, 0.5) is 13.2 Å².